The van der Waals surface area contributed by atoms with Gasteiger partial charge in [-0.05, 0) is 25.0 Å². The Labute approximate surface area is 163 Å². The molecule has 1 saturated carbocycles. The Bertz CT molecular complexity index is 817. The summed E-state index contributed by atoms with van der Waals surface area (Å²) in [5.41, 5.74) is -0.203. The lowest BCUT2D eigenvalue weighted by molar-refractivity contribution is 0.0687. The molecule has 9 heteroatoms. The lowest BCUT2D eigenvalue weighted by Gasteiger charge is -2.32. The maximum absolute atomic E-state index is 11.8. The Morgan fingerprint density at radius 2 is 1.71 bits per heavy atom. The molecule has 0 spiro atoms. The largest absolute Gasteiger partial charge is 0.481 e. The number of carboxylic acids is 1. The maximum Gasteiger partial charge on any atom is 0.358 e. The van der Waals surface area contributed by atoms with E-state index < -0.39 is 5.97 Å². The number of hydrogen-bond acceptors (Lipinski definition) is 8. The SMILES string of the molecule is COc1cc(OC)nc(Oc2ccc(N(C)C3CCCCC3)nc2C(=O)O)n1. The van der Waals surface area contributed by atoms with Gasteiger partial charge in [-0.25, -0.2) is 9.78 Å². The van der Waals surface area contributed by atoms with Gasteiger partial charge < -0.3 is 24.2 Å². The summed E-state index contributed by atoms with van der Waals surface area (Å²) in [4.78, 5) is 26.2. The zero-order valence-electron chi connectivity index (χ0n) is 16.2. The van der Waals surface area contributed by atoms with Crippen LogP contribution in [0.25, 0.3) is 0 Å². The molecule has 3 rings (SSSR count). The number of pyridine rings is 1. The molecule has 0 atom stereocenters. The van der Waals surface area contributed by atoms with E-state index in [0.717, 1.165) is 12.8 Å². The molecule has 28 heavy (non-hydrogen) atoms. The molecule has 0 radical (unpaired) electrons. The van der Waals surface area contributed by atoms with Gasteiger partial charge in [0.15, 0.2) is 11.4 Å². The van der Waals surface area contributed by atoms with Crippen molar-refractivity contribution in [1.29, 1.82) is 0 Å². The van der Waals surface area contributed by atoms with Gasteiger partial charge >= 0.3 is 12.0 Å². The Balaban J connectivity index is 1.88. The molecule has 0 amide bonds. The third kappa shape index (κ3) is 4.41. The third-order valence-corrected chi connectivity index (χ3v) is 4.81. The van der Waals surface area contributed by atoms with Gasteiger partial charge in [-0.3, -0.25) is 0 Å². The smallest absolute Gasteiger partial charge is 0.358 e. The Hall–Kier alpha value is -3.10. The minimum atomic E-state index is -1.19. The molecule has 0 bridgehead atoms. The number of aromatic nitrogens is 3. The molecule has 0 aromatic carbocycles. The van der Waals surface area contributed by atoms with Crippen LogP contribution in [0.4, 0.5) is 5.82 Å². The van der Waals surface area contributed by atoms with Crippen LogP contribution in [0.2, 0.25) is 0 Å². The molecule has 1 aliphatic carbocycles. The quantitative estimate of drug-likeness (QED) is 0.765. The zero-order valence-corrected chi connectivity index (χ0v) is 16.2. The van der Waals surface area contributed by atoms with E-state index >= 15 is 0 Å². The molecular formula is C19H24N4O5. The minimum absolute atomic E-state index is 0.0450. The highest BCUT2D eigenvalue weighted by Gasteiger charge is 2.23. The number of carboxylic acid groups (broad SMARTS) is 1. The maximum atomic E-state index is 11.8. The zero-order chi connectivity index (χ0) is 20.1. The second-order valence-corrected chi connectivity index (χ2v) is 6.56. The number of carbonyl (C=O) groups is 1. The minimum Gasteiger partial charge on any atom is -0.481 e. The molecular weight excluding hydrogens is 364 g/mol. The van der Waals surface area contributed by atoms with Gasteiger partial charge in [0.25, 0.3) is 0 Å². The van der Waals surface area contributed by atoms with Crippen LogP contribution in [0, 0.1) is 0 Å². The van der Waals surface area contributed by atoms with E-state index in [1.807, 2.05) is 11.9 Å². The number of aromatic carboxylic acids is 1. The van der Waals surface area contributed by atoms with Crippen molar-refractivity contribution >= 4 is 11.8 Å². The fourth-order valence-corrected chi connectivity index (χ4v) is 3.26. The van der Waals surface area contributed by atoms with E-state index in [2.05, 4.69) is 15.0 Å². The number of ether oxygens (including phenoxy) is 3. The van der Waals surface area contributed by atoms with Crippen molar-refractivity contribution in [3.05, 3.63) is 23.9 Å². The number of methoxy groups -OCH3 is 2. The van der Waals surface area contributed by atoms with Crippen LogP contribution in [0.1, 0.15) is 42.6 Å². The normalized spacial score (nSPS) is 14.4. The molecule has 1 fully saturated rings. The number of rotatable bonds is 7. The van der Waals surface area contributed by atoms with Gasteiger partial charge in [0, 0.05) is 13.1 Å². The Morgan fingerprint density at radius 3 is 2.29 bits per heavy atom. The first-order valence-corrected chi connectivity index (χ1v) is 9.14. The van der Waals surface area contributed by atoms with Gasteiger partial charge in [-0.1, -0.05) is 19.3 Å². The highest BCUT2D eigenvalue weighted by molar-refractivity contribution is 5.89. The molecule has 150 valence electrons. The van der Waals surface area contributed by atoms with Crippen molar-refractivity contribution < 1.29 is 24.1 Å². The lowest BCUT2D eigenvalue weighted by atomic mass is 9.94. The fourth-order valence-electron chi connectivity index (χ4n) is 3.26. The van der Waals surface area contributed by atoms with Crippen molar-refractivity contribution in [2.24, 2.45) is 0 Å². The monoisotopic (exact) mass is 388 g/mol. The summed E-state index contributed by atoms with van der Waals surface area (Å²) >= 11 is 0. The number of hydrogen-bond donors (Lipinski definition) is 1. The summed E-state index contributed by atoms with van der Waals surface area (Å²) in [7, 11) is 4.85. The van der Waals surface area contributed by atoms with Gasteiger partial charge in [-0.2, -0.15) is 9.97 Å². The van der Waals surface area contributed by atoms with E-state index in [1.165, 1.54) is 39.5 Å². The van der Waals surface area contributed by atoms with Crippen LogP contribution in [0.5, 0.6) is 23.5 Å². The van der Waals surface area contributed by atoms with Gasteiger partial charge in [0.1, 0.15) is 5.82 Å². The van der Waals surface area contributed by atoms with E-state index in [9.17, 15) is 9.90 Å². The van der Waals surface area contributed by atoms with Crippen molar-refractivity contribution in [3.63, 3.8) is 0 Å². The molecule has 2 aromatic rings. The van der Waals surface area contributed by atoms with E-state index in [1.54, 1.807) is 12.1 Å². The van der Waals surface area contributed by atoms with Crippen molar-refractivity contribution in [1.82, 2.24) is 15.0 Å². The van der Waals surface area contributed by atoms with Crippen LogP contribution in [-0.4, -0.2) is 53.3 Å². The molecule has 0 aliphatic heterocycles. The first-order chi connectivity index (χ1) is 13.5. The number of nitrogens with zero attached hydrogens (tertiary/aromatic N) is 4. The van der Waals surface area contributed by atoms with Crippen LogP contribution in [0.15, 0.2) is 18.2 Å². The third-order valence-electron chi connectivity index (χ3n) is 4.81. The number of anilines is 1. The summed E-state index contributed by atoms with van der Waals surface area (Å²) in [6, 6.07) is 5.08. The molecule has 0 saturated heterocycles. The highest BCUT2D eigenvalue weighted by Crippen LogP contribution is 2.30. The van der Waals surface area contributed by atoms with E-state index in [4.69, 9.17) is 14.2 Å². The second-order valence-electron chi connectivity index (χ2n) is 6.56. The summed E-state index contributed by atoms with van der Waals surface area (Å²) in [6.07, 6.45) is 5.76. The summed E-state index contributed by atoms with van der Waals surface area (Å²) < 4.78 is 15.8. The highest BCUT2D eigenvalue weighted by atomic mass is 16.5. The standard InChI is InChI=1S/C19H24N4O5/c1-23(12-7-5-4-6-8-12)14-10-9-13(17(20-14)18(24)25)28-19-21-15(26-2)11-16(22-19)27-3/h9-12H,4-8H2,1-3H3,(H,24,25). The molecule has 2 aromatic heterocycles. The topological polar surface area (TPSA) is 107 Å². The second kappa shape index (κ2) is 8.73. The first-order valence-electron chi connectivity index (χ1n) is 9.14. The Kier molecular flexibility index (Phi) is 6.13. The molecule has 1 N–H and O–H groups in total. The van der Waals surface area contributed by atoms with Crippen molar-refractivity contribution in [2.75, 3.05) is 26.2 Å². The van der Waals surface area contributed by atoms with Gasteiger partial charge in [0.05, 0.1) is 20.3 Å². The summed E-state index contributed by atoms with van der Waals surface area (Å²) in [6.45, 7) is 0. The lowest BCUT2D eigenvalue weighted by Crippen LogP contribution is -2.34. The Morgan fingerprint density at radius 1 is 1.07 bits per heavy atom. The van der Waals surface area contributed by atoms with E-state index in [-0.39, 0.29) is 29.2 Å². The fraction of sp³-hybridized carbons (Fsp3) is 0.474. The van der Waals surface area contributed by atoms with Crippen LogP contribution in [-0.2, 0) is 0 Å². The van der Waals surface area contributed by atoms with Gasteiger partial charge in [0.2, 0.25) is 11.8 Å². The van der Waals surface area contributed by atoms with Crippen LogP contribution >= 0.6 is 0 Å². The molecule has 0 unspecified atom stereocenters. The van der Waals surface area contributed by atoms with Gasteiger partial charge in [-0.15, -0.1) is 0 Å². The average molecular weight is 388 g/mol. The van der Waals surface area contributed by atoms with Crippen LogP contribution < -0.4 is 19.1 Å². The molecule has 1 aliphatic rings. The predicted octanol–water partition coefficient (Wildman–Crippen LogP) is 3.15. The summed E-state index contributed by atoms with van der Waals surface area (Å²) in [5, 5.41) is 9.61. The van der Waals surface area contributed by atoms with E-state index in [0.29, 0.717) is 11.9 Å². The predicted molar refractivity (Wildman–Crippen MR) is 102 cm³/mol. The molecule has 9 nitrogen and oxygen atoms in total. The van der Waals surface area contributed by atoms with Crippen molar-refractivity contribution in [3.8, 4) is 23.5 Å². The first kappa shape index (κ1) is 19.7. The average Bonchev–Trinajstić information content (AvgIpc) is 2.73. The van der Waals surface area contributed by atoms with Crippen molar-refractivity contribution in [2.45, 2.75) is 38.1 Å². The molecule has 2 heterocycles. The summed E-state index contributed by atoms with van der Waals surface area (Å²) in [5.74, 6) is -0.0752. The van der Waals surface area contributed by atoms with Crippen LogP contribution in [0.3, 0.4) is 0 Å².